The van der Waals surface area contributed by atoms with E-state index in [1.54, 1.807) is 39.0 Å². The first-order chi connectivity index (χ1) is 12.4. The zero-order chi connectivity index (χ0) is 20.0. The highest BCUT2D eigenvalue weighted by molar-refractivity contribution is 5.91. The Hall–Kier alpha value is -2.50. The van der Waals surface area contributed by atoms with Crippen LogP contribution in [0.3, 0.4) is 0 Å². The van der Waals surface area contributed by atoms with Gasteiger partial charge in [0.2, 0.25) is 0 Å². The average molecular weight is 374 g/mol. The number of hydrogen-bond donors (Lipinski definition) is 0. The maximum atomic E-state index is 15.0. The van der Waals surface area contributed by atoms with Crippen LogP contribution in [0.15, 0.2) is 42.6 Å². The predicted molar refractivity (Wildman–Crippen MR) is 100 cm³/mol. The number of rotatable bonds is 2. The Morgan fingerprint density at radius 1 is 1.19 bits per heavy atom. The van der Waals surface area contributed by atoms with Crippen molar-refractivity contribution in [1.82, 2.24) is 4.98 Å². The van der Waals surface area contributed by atoms with Crippen molar-refractivity contribution in [2.75, 3.05) is 11.4 Å². The number of carbonyl (C=O) groups excluding carboxylic acids is 1. The van der Waals surface area contributed by atoms with Crippen molar-refractivity contribution in [2.24, 2.45) is 0 Å². The molecule has 1 amide bonds. The highest BCUT2D eigenvalue weighted by atomic mass is 19.3. The summed E-state index contributed by atoms with van der Waals surface area (Å²) in [5.74, 6) is -3.26. The molecule has 0 bridgehead atoms. The number of carbonyl (C=O) groups is 1. The fraction of sp³-hybridized carbons (Fsp3) is 0.429. The van der Waals surface area contributed by atoms with E-state index in [0.29, 0.717) is 12.2 Å². The Bertz CT molecular complexity index is 858. The number of benzene rings is 1. The lowest BCUT2D eigenvalue weighted by Gasteiger charge is -2.26. The zero-order valence-electron chi connectivity index (χ0n) is 16.2. The number of anilines is 1. The number of aromatic nitrogens is 1. The molecule has 0 atom stereocenters. The molecule has 144 valence electrons. The molecule has 0 spiro atoms. The molecule has 0 saturated heterocycles. The van der Waals surface area contributed by atoms with Gasteiger partial charge >= 0.3 is 12.0 Å². The highest BCUT2D eigenvalue weighted by Gasteiger charge is 2.43. The number of halogens is 2. The lowest BCUT2D eigenvalue weighted by molar-refractivity contribution is 0.0379. The van der Waals surface area contributed by atoms with Gasteiger partial charge in [-0.2, -0.15) is 8.78 Å². The summed E-state index contributed by atoms with van der Waals surface area (Å²) in [6.45, 7) is 9.57. The van der Waals surface area contributed by atoms with Crippen LogP contribution in [0.4, 0.5) is 19.3 Å². The van der Waals surface area contributed by atoms with Gasteiger partial charge < -0.3 is 4.74 Å². The topological polar surface area (TPSA) is 42.4 Å². The van der Waals surface area contributed by atoms with Gasteiger partial charge in [-0.25, -0.2) is 4.79 Å². The van der Waals surface area contributed by atoms with Gasteiger partial charge in [-0.15, -0.1) is 0 Å². The molecule has 4 nitrogen and oxygen atoms in total. The summed E-state index contributed by atoms with van der Waals surface area (Å²) >= 11 is 0. The first kappa shape index (κ1) is 19.3. The number of nitrogens with zero attached hydrogens (tertiary/aromatic N) is 2. The van der Waals surface area contributed by atoms with Crippen molar-refractivity contribution < 1.29 is 18.3 Å². The number of ether oxygens (including phenoxy) is 1. The Labute approximate surface area is 158 Å². The second-order valence-corrected chi connectivity index (χ2v) is 8.48. The number of fused-ring (bicyclic) bond motifs is 1. The average Bonchev–Trinajstić information content (AvgIpc) is 2.85. The molecular weight excluding hydrogens is 350 g/mol. The zero-order valence-corrected chi connectivity index (χ0v) is 16.2. The van der Waals surface area contributed by atoms with E-state index < -0.39 is 28.7 Å². The summed E-state index contributed by atoms with van der Waals surface area (Å²) in [7, 11) is 0. The summed E-state index contributed by atoms with van der Waals surface area (Å²) in [6.07, 6.45) is 0.904. The van der Waals surface area contributed by atoms with E-state index in [2.05, 4.69) is 4.98 Å². The van der Waals surface area contributed by atoms with E-state index >= 15 is 0 Å². The van der Waals surface area contributed by atoms with E-state index in [0.717, 1.165) is 5.56 Å². The molecule has 0 aliphatic carbocycles. The minimum absolute atomic E-state index is 0.140. The fourth-order valence-corrected chi connectivity index (χ4v) is 3.20. The van der Waals surface area contributed by atoms with Crippen LogP contribution in [0, 0.1) is 0 Å². The largest absolute Gasteiger partial charge is 0.443 e. The summed E-state index contributed by atoms with van der Waals surface area (Å²) < 4.78 is 35.4. The van der Waals surface area contributed by atoms with Crippen molar-refractivity contribution in [2.45, 2.75) is 51.6 Å². The Balaban J connectivity index is 2.04. The molecule has 1 aliphatic rings. The minimum atomic E-state index is -3.26. The van der Waals surface area contributed by atoms with Crippen LogP contribution in [0.2, 0.25) is 0 Å². The fourth-order valence-electron chi connectivity index (χ4n) is 3.20. The quantitative estimate of drug-likeness (QED) is 0.721. The maximum absolute atomic E-state index is 15.0. The molecule has 0 N–H and O–H groups in total. The Morgan fingerprint density at radius 2 is 1.81 bits per heavy atom. The van der Waals surface area contributed by atoms with Crippen LogP contribution >= 0.6 is 0 Å². The first-order valence-electron chi connectivity index (χ1n) is 8.87. The second-order valence-electron chi connectivity index (χ2n) is 8.48. The van der Waals surface area contributed by atoms with Gasteiger partial charge in [0.15, 0.2) is 0 Å². The number of amides is 1. The SMILES string of the molecule is CC(C)(C)OC(=O)N1CC(C)(C)c2cnc(C(F)(F)c3ccccc3)cc21. The van der Waals surface area contributed by atoms with E-state index in [9.17, 15) is 13.6 Å². The summed E-state index contributed by atoms with van der Waals surface area (Å²) in [6, 6.07) is 8.85. The number of pyridine rings is 1. The van der Waals surface area contributed by atoms with Crippen molar-refractivity contribution in [3.63, 3.8) is 0 Å². The molecule has 0 fully saturated rings. The molecule has 0 unspecified atom stereocenters. The van der Waals surface area contributed by atoms with Crippen LogP contribution in [-0.4, -0.2) is 23.2 Å². The molecule has 6 heteroatoms. The Morgan fingerprint density at radius 3 is 2.41 bits per heavy atom. The predicted octanol–water partition coefficient (Wildman–Crippen LogP) is 5.25. The van der Waals surface area contributed by atoms with Gasteiger partial charge in [0.05, 0.1) is 5.69 Å². The summed E-state index contributed by atoms with van der Waals surface area (Å²) in [4.78, 5) is 18.1. The number of alkyl halides is 2. The van der Waals surface area contributed by atoms with Gasteiger partial charge in [-0.05, 0) is 26.8 Å². The van der Waals surface area contributed by atoms with Crippen LogP contribution < -0.4 is 4.90 Å². The van der Waals surface area contributed by atoms with Crippen molar-refractivity contribution in [3.8, 4) is 0 Å². The second kappa shape index (κ2) is 6.29. The van der Waals surface area contributed by atoms with E-state index in [1.165, 1.54) is 29.3 Å². The molecular formula is C21H24F2N2O2. The molecule has 2 heterocycles. The van der Waals surface area contributed by atoms with Gasteiger partial charge in [0.1, 0.15) is 11.3 Å². The monoisotopic (exact) mass is 374 g/mol. The molecule has 1 aromatic carbocycles. The maximum Gasteiger partial charge on any atom is 0.414 e. The molecule has 0 radical (unpaired) electrons. The lowest BCUT2D eigenvalue weighted by atomic mass is 9.88. The molecule has 0 saturated carbocycles. The van der Waals surface area contributed by atoms with Crippen LogP contribution in [-0.2, 0) is 16.1 Å². The van der Waals surface area contributed by atoms with Crippen LogP contribution in [0.25, 0.3) is 0 Å². The normalized spacial score (nSPS) is 16.2. The lowest BCUT2D eigenvalue weighted by Crippen LogP contribution is -2.38. The molecule has 3 rings (SSSR count). The van der Waals surface area contributed by atoms with E-state index in [1.807, 2.05) is 13.8 Å². The van der Waals surface area contributed by atoms with Crippen molar-refractivity contribution in [1.29, 1.82) is 0 Å². The Kier molecular flexibility index (Phi) is 4.49. The number of hydrogen-bond acceptors (Lipinski definition) is 3. The first-order valence-corrected chi connectivity index (χ1v) is 8.87. The molecule has 27 heavy (non-hydrogen) atoms. The van der Waals surface area contributed by atoms with Crippen molar-refractivity contribution in [3.05, 3.63) is 59.4 Å². The minimum Gasteiger partial charge on any atom is -0.443 e. The van der Waals surface area contributed by atoms with E-state index in [-0.39, 0.29) is 5.56 Å². The van der Waals surface area contributed by atoms with Gasteiger partial charge in [0, 0.05) is 29.3 Å². The third-order valence-electron chi connectivity index (χ3n) is 4.53. The van der Waals surface area contributed by atoms with Crippen LogP contribution in [0.1, 0.15) is 51.4 Å². The van der Waals surface area contributed by atoms with Gasteiger partial charge in [-0.1, -0.05) is 44.2 Å². The molecule has 1 aliphatic heterocycles. The molecule has 1 aromatic heterocycles. The van der Waals surface area contributed by atoms with E-state index in [4.69, 9.17) is 4.74 Å². The van der Waals surface area contributed by atoms with Gasteiger partial charge in [0.25, 0.3) is 0 Å². The third-order valence-corrected chi connectivity index (χ3v) is 4.53. The molecule has 2 aromatic rings. The highest BCUT2D eigenvalue weighted by Crippen LogP contribution is 2.44. The van der Waals surface area contributed by atoms with Crippen molar-refractivity contribution >= 4 is 11.8 Å². The smallest absolute Gasteiger partial charge is 0.414 e. The summed E-state index contributed by atoms with van der Waals surface area (Å²) in [5, 5.41) is 0. The standard InChI is InChI=1S/C21H24F2N2O2/c1-19(2,3)27-18(26)25-13-20(4,5)15-12-24-17(11-16(15)25)21(22,23)14-9-7-6-8-10-14/h6-12H,13H2,1-5H3. The van der Waals surface area contributed by atoms with Gasteiger partial charge in [-0.3, -0.25) is 9.88 Å². The summed E-state index contributed by atoms with van der Waals surface area (Å²) in [5.41, 5.74) is -0.429. The van der Waals surface area contributed by atoms with Crippen LogP contribution in [0.5, 0.6) is 0 Å². The third kappa shape index (κ3) is 3.66.